The van der Waals surface area contributed by atoms with Gasteiger partial charge < -0.3 is 5.32 Å². The molecular formula is C14H10ClF2NO. The van der Waals surface area contributed by atoms with Crippen LogP contribution in [0.1, 0.15) is 15.9 Å². The third kappa shape index (κ3) is 3.29. The smallest absolute Gasteiger partial charge is 0.255 e. The summed E-state index contributed by atoms with van der Waals surface area (Å²) in [7, 11) is 0. The molecule has 0 spiro atoms. The number of nitrogens with one attached hydrogen (secondary N) is 1. The molecule has 0 heterocycles. The fourth-order valence-corrected chi connectivity index (χ4v) is 1.84. The van der Waals surface area contributed by atoms with Crippen LogP contribution in [0.2, 0.25) is 5.02 Å². The second kappa shape index (κ2) is 5.36. The first kappa shape index (κ1) is 13.5. The number of anilines is 1. The van der Waals surface area contributed by atoms with Crippen LogP contribution < -0.4 is 5.32 Å². The lowest BCUT2D eigenvalue weighted by molar-refractivity contribution is 0.102. The van der Waals surface area contributed by atoms with E-state index in [1.165, 1.54) is 24.3 Å². The number of rotatable bonds is 2. The molecule has 2 nitrogen and oxygen atoms in total. The lowest BCUT2D eigenvalue weighted by atomic mass is 10.1. The number of amides is 1. The van der Waals surface area contributed by atoms with Crippen LogP contribution >= 0.6 is 11.6 Å². The Morgan fingerprint density at radius 3 is 2.53 bits per heavy atom. The van der Waals surface area contributed by atoms with E-state index in [0.29, 0.717) is 11.1 Å². The van der Waals surface area contributed by atoms with E-state index in [1.807, 2.05) is 0 Å². The second-order valence-electron chi connectivity index (χ2n) is 4.08. The standard InChI is InChI=1S/C14H10ClF2NO/c1-8-4-9(2-3-13(8)17)14(19)18-12-6-10(15)5-11(16)7-12/h2-7H,1H3,(H,18,19). The molecule has 0 saturated heterocycles. The molecule has 5 heteroatoms. The van der Waals surface area contributed by atoms with Crippen molar-refractivity contribution in [2.75, 3.05) is 5.32 Å². The molecule has 0 unspecified atom stereocenters. The Morgan fingerprint density at radius 2 is 1.89 bits per heavy atom. The third-order valence-corrected chi connectivity index (χ3v) is 2.76. The van der Waals surface area contributed by atoms with Gasteiger partial charge >= 0.3 is 0 Å². The van der Waals surface area contributed by atoms with E-state index >= 15 is 0 Å². The second-order valence-corrected chi connectivity index (χ2v) is 4.51. The fourth-order valence-electron chi connectivity index (χ4n) is 1.62. The van der Waals surface area contributed by atoms with Gasteiger partial charge in [-0.1, -0.05) is 11.6 Å². The number of halogens is 3. The van der Waals surface area contributed by atoms with Gasteiger partial charge in [0.15, 0.2) is 0 Å². The van der Waals surface area contributed by atoms with Crippen molar-refractivity contribution in [2.45, 2.75) is 6.92 Å². The Morgan fingerprint density at radius 1 is 1.16 bits per heavy atom. The Bertz CT molecular complexity index is 623. The summed E-state index contributed by atoms with van der Waals surface area (Å²) in [5.74, 6) is -1.38. The van der Waals surface area contributed by atoms with Gasteiger partial charge in [0, 0.05) is 16.3 Å². The minimum Gasteiger partial charge on any atom is -0.322 e. The van der Waals surface area contributed by atoms with Gasteiger partial charge in [0.1, 0.15) is 11.6 Å². The van der Waals surface area contributed by atoms with E-state index < -0.39 is 11.7 Å². The summed E-state index contributed by atoms with van der Waals surface area (Å²) < 4.78 is 26.2. The minimum atomic E-state index is -0.543. The number of carbonyl (C=O) groups is 1. The van der Waals surface area contributed by atoms with Crippen molar-refractivity contribution in [1.82, 2.24) is 0 Å². The van der Waals surface area contributed by atoms with E-state index in [9.17, 15) is 13.6 Å². The van der Waals surface area contributed by atoms with Crippen LogP contribution in [-0.4, -0.2) is 5.91 Å². The first-order chi connectivity index (χ1) is 8.95. The van der Waals surface area contributed by atoms with Crippen molar-refractivity contribution in [1.29, 1.82) is 0 Å². The zero-order chi connectivity index (χ0) is 14.0. The highest BCUT2D eigenvalue weighted by atomic mass is 35.5. The lowest BCUT2D eigenvalue weighted by Gasteiger charge is -2.07. The molecule has 0 atom stereocenters. The maximum absolute atomic E-state index is 13.1. The van der Waals surface area contributed by atoms with Crippen molar-refractivity contribution in [2.24, 2.45) is 0 Å². The summed E-state index contributed by atoms with van der Waals surface area (Å²) in [6.07, 6.45) is 0. The van der Waals surface area contributed by atoms with Gasteiger partial charge in [-0.25, -0.2) is 8.78 Å². The summed E-state index contributed by atoms with van der Waals surface area (Å²) >= 11 is 5.68. The van der Waals surface area contributed by atoms with Crippen molar-refractivity contribution >= 4 is 23.2 Å². The quantitative estimate of drug-likeness (QED) is 0.879. The van der Waals surface area contributed by atoms with Crippen LogP contribution in [0.4, 0.5) is 14.5 Å². The molecular weight excluding hydrogens is 272 g/mol. The molecule has 0 aromatic heterocycles. The number of hydrogen-bond acceptors (Lipinski definition) is 1. The molecule has 0 radical (unpaired) electrons. The van der Waals surface area contributed by atoms with Gasteiger partial charge in [-0.15, -0.1) is 0 Å². The highest BCUT2D eigenvalue weighted by Crippen LogP contribution is 2.19. The fraction of sp³-hybridized carbons (Fsp3) is 0.0714. The van der Waals surface area contributed by atoms with Crippen LogP contribution in [0, 0.1) is 18.6 Å². The van der Waals surface area contributed by atoms with Gasteiger partial charge in [0.25, 0.3) is 5.91 Å². The highest BCUT2D eigenvalue weighted by Gasteiger charge is 2.09. The van der Waals surface area contributed by atoms with E-state index in [-0.39, 0.29) is 16.5 Å². The zero-order valence-corrected chi connectivity index (χ0v) is 10.8. The number of carbonyl (C=O) groups excluding carboxylic acids is 1. The Balaban J connectivity index is 2.22. The first-order valence-electron chi connectivity index (χ1n) is 5.49. The maximum atomic E-state index is 13.1. The van der Waals surface area contributed by atoms with Crippen LogP contribution in [0.3, 0.4) is 0 Å². The molecule has 0 saturated carbocycles. The van der Waals surface area contributed by atoms with E-state index in [1.54, 1.807) is 6.92 Å². The van der Waals surface area contributed by atoms with E-state index in [2.05, 4.69) is 5.32 Å². The summed E-state index contributed by atoms with van der Waals surface area (Å²) in [4.78, 5) is 11.9. The zero-order valence-electron chi connectivity index (χ0n) is 10.0. The highest BCUT2D eigenvalue weighted by molar-refractivity contribution is 6.31. The predicted molar refractivity (Wildman–Crippen MR) is 70.5 cm³/mol. The van der Waals surface area contributed by atoms with E-state index in [4.69, 9.17) is 11.6 Å². The van der Waals surface area contributed by atoms with Crippen molar-refractivity contribution in [3.8, 4) is 0 Å². The molecule has 98 valence electrons. The molecule has 0 fully saturated rings. The Labute approximate surface area is 114 Å². The van der Waals surface area contributed by atoms with Crippen molar-refractivity contribution in [3.05, 3.63) is 64.2 Å². The number of benzene rings is 2. The van der Waals surface area contributed by atoms with Crippen LogP contribution in [0.5, 0.6) is 0 Å². The topological polar surface area (TPSA) is 29.1 Å². The predicted octanol–water partition coefficient (Wildman–Crippen LogP) is 4.18. The van der Waals surface area contributed by atoms with Gasteiger partial charge in [-0.05, 0) is 48.9 Å². The molecule has 0 bridgehead atoms. The Hall–Kier alpha value is -1.94. The molecule has 0 aliphatic carbocycles. The molecule has 2 rings (SSSR count). The Kier molecular flexibility index (Phi) is 3.81. The molecule has 2 aromatic carbocycles. The van der Waals surface area contributed by atoms with Crippen LogP contribution in [0.15, 0.2) is 36.4 Å². The maximum Gasteiger partial charge on any atom is 0.255 e. The molecule has 1 amide bonds. The summed E-state index contributed by atoms with van der Waals surface area (Å²) in [5.41, 5.74) is 0.904. The van der Waals surface area contributed by atoms with Gasteiger partial charge in [0.05, 0.1) is 0 Å². The largest absolute Gasteiger partial charge is 0.322 e. The molecule has 1 N–H and O–H groups in total. The van der Waals surface area contributed by atoms with Gasteiger partial charge in [0.2, 0.25) is 0 Å². The number of hydrogen-bond donors (Lipinski definition) is 1. The lowest BCUT2D eigenvalue weighted by Crippen LogP contribution is -2.12. The molecule has 0 aliphatic rings. The summed E-state index contributed by atoms with van der Waals surface area (Å²) in [5, 5.41) is 2.69. The van der Waals surface area contributed by atoms with Crippen molar-refractivity contribution < 1.29 is 13.6 Å². The van der Waals surface area contributed by atoms with Crippen LogP contribution in [-0.2, 0) is 0 Å². The summed E-state index contributed by atoms with van der Waals surface area (Å²) in [6, 6.07) is 7.71. The van der Waals surface area contributed by atoms with E-state index in [0.717, 1.165) is 12.1 Å². The average molecular weight is 282 g/mol. The molecule has 19 heavy (non-hydrogen) atoms. The van der Waals surface area contributed by atoms with Crippen molar-refractivity contribution in [3.63, 3.8) is 0 Å². The molecule has 2 aromatic rings. The number of aryl methyl sites for hydroxylation is 1. The average Bonchev–Trinajstić information content (AvgIpc) is 2.31. The molecule has 0 aliphatic heterocycles. The SMILES string of the molecule is Cc1cc(C(=O)Nc2cc(F)cc(Cl)c2)ccc1F. The van der Waals surface area contributed by atoms with Gasteiger partial charge in [-0.2, -0.15) is 0 Å². The van der Waals surface area contributed by atoms with Crippen LogP contribution in [0.25, 0.3) is 0 Å². The summed E-state index contributed by atoms with van der Waals surface area (Å²) in [6.45, 7) is 1.56. The monoisotopic (exact) mass is 281 g/mol. The first-order valence-corrected chi connectivity index (χ1v) is 5.87. The van der Waals surface area contributed by atoms with Gasteiger partial charge in [-0.3, -0.25) is 4.79 Å². The minimum absolute atomic E-state index is 0.186. The normalized spacial score (nSPS) is 10.3. The third-order valence-electron chi connectivity index (χ3n) is 2.54.